The maximum Gasteiger partial charge on any atom is 0.490 e. The lowest BCUT2D eigenvalue weighted by atomic mass is 10.2. The van der Waals surface area contributed by atoms with Gasteiger partial charge in [-0.25, -0.2) is 19.7 Å². The Kier molecular flexibility index (Phi) is 7.11. The highest BCUT2D eigenvalue weighted by atomic mass is 19.4. The first-order valence-electron chi connectivity index (χ1n) is 9.84. The van der Waals surface area contributed by atoms with Gasteiger partial charge in [0, 0.05) is 55.7 Å². The normalized spacial score (nSPS) is 16.8. The molecule has 0 bridgehead atoms. The average molecular weight is 466 g/mol. The molecule has 0 spiro atoms. The number of fused-ring (bicyclic) bond motifs is 1. The van der Waals surface area contributed by atoms with Crippen molar-refractivity contribution < 1.29 is 33.0 Å². The van der Waals surface area contributed by atoms with Crippen LogP contribution in [0.25, 0.3) is 5.52 Å². The molecule has 1 amide bonds. The van der Waals surface area contributed by atoms with Crippen LogP contribution in [0.15, 0.2) is 43.1 Å². The summed E-state index contributed by atoms with van der Waals surface area (Å²) in [6, 6.07) is 4.04. The number of anilines is 1. The maximum atomic E-state index is 12.4. The standard InChI is InChI=1S/C18H20N6O2.C2HF3O2/c1-12(25)13-9-20-16(21-10-13)18(26)22-14-4-7-24(11-14)17-15-3-2-6-23(15)8-5-19-17;3-2(4,5)1(6)7/h2-3,5-6,8-10,12,14,25H,4,7,11H2,1H3,(H,22,26);(H,6,7)/t12?,14-;/m0./s1. The number of carbonyl (C=O) groups is 2. The van der Waals surface area contributed by atoms with Gasteiger partial charge in [-0.2, -0.15) is 13.2 Å². The van der Waals surface area contributed by atoms with Crippen molar-refractivity contribution in [2.75, 3.05) is 18.0 Å². The molecule has 0 saturated carbocycles. The van der Waals surface area contributed by atoms with Crippen LogP contribution in [0.4, 0.5) is 19.0 Å². The maximum absolute atomic E-state index is 12.4. The molecule has 13 heteroatoms. The van der Waals surface area contributed by atoms with Crippen LogP contribution in [0.5, 0.6) is 0 Å². The highest BCUT2D eigenvalue weighted by Crippen LogP contribution is 2.23. The number of carbonyl (C=O) groups excluding carboxylic acids is 1. The van der Waals surface area contributed by atoms with Gasteiger partial charge >= 0.3 is 12.1 Å². The molecule has 0 aromatic carbocycles. The van der Waals surface area contributed by atoms with Crippen LogP contribution in [0.2, 0.25) is 0 Å². The van der Waals surface area contributed by atoms with Crippen LogP contribution < -0.4 is 10.2 Å². The number of aliphatic hydroxyl groups is 1. The van der Waals surface area contributed by atoms with Gasteiger partial charge < -0.3 is 24.8 Å². The number of hydrogen-bond donors (Lipinski definition) is 3. The second-order valence-electron chi connectivity index (χ2n) is 7.28. The van der Waals surface area contributed by atoms with E-state index in [0.717, 1.165) is 24.3 Å². The lowest BCUT2D eigenvalue weighted by Crippen LogP contribution is -2.38. The molecule has 0 radical (unpaired) electrons. The number of carboxylic acid groups (broad SMARTS) is 1. The molecule has 1 saturated heterocycles. The van der Waals surface area contributed by atoms with E-state index in [1.165, 1.54) is 12.4 Å². The predicted molar refractivity (Wildman–Crippen MR) is 110 cm³/mol. The number of aliphatic carboxylic acids is 1. The SMILES string of the molecule is CC(O)c1cnc(C(=O)N[C@H]2CCN(c3nccn4cccc34)C2)nc1.O=C(O)C(F)(F)F. The molecule has 4 rings (SSSR count). The number of halogens is 3. The summed E-state index contributed by atoms with van der Waals surface area (Å²) in [5.74, 6) is -2.03. The highest BCUT2D eigenvalue weighted by Gasteiger charge is 2.38. The third-order valence-corrected chi connectivity index (χ3v) is 4.85. The summed E-state index contributed by atoms with van der Waals surface area (Å²) >= 11 is 0. The van der Waals surface area contributed by atoms with Crippen molar-refractivity contribution in [3.05, 3.63) is 54.5 Å². The Morgan fingerprint density at radius 1 is 1.21 bits per heavy atom. The van der Waals surface area contributed by atoms with E-state index in [2.05, 4.69) is 25.2 Å². The van der Waals surface area contributed by atoms with Crippen molar-refractivity contribution >= 4 is 23.2 Å². The van der Waals surface area contributed by atoms with Gasteiger partial charge in [0.1, 0.15) is 0 Å². The van der Waals surface area contributed by atoms with Crippen LogP contribution in [0.3, 0.4) is 0 Å². The molecule has 4 heterocycles. The summed E-state index contributed by atoms with van der Waals surface area (Å²) in [6.45, 7) is 3.14. The van der Waals surface area contributed by atoms with E-state index in [-0.39, 0.29) is 17.8 Å². The number of hydrogen-bond acceptors (Lipinski definition) is 7. The number of rotatable bonds is 4. The van der Waals surface area contributed by atoms with E-state index in [0.29, 0.717) is 12.1 Å². The first-order chi connectivity index (χ1) is 15.6. The molecule has 10 nitrogen and oxygen atoms in total. The van der Waals surface area contributed by atoms with Crippen molar-refractivity contribution in [3.8, 4) is 0 Å². The molecule has 1 fully saturated rings. The summed E-state index contributed by atoms with van der Waals surface area (Å²) in [4.78, 5) is 36.0. The quantitative estimate of drug-likeness (QED) is 0.530. The molecule has 1 unspecified atom stereocenters. The fourth-order valence-electron chi connectivity index (χ4n) is 3.19. The number of amides is 1. The van der Waals surface area contributed by atoms with Crippen molar-refractivity contribution in [1.29, 1.82) is 0 Å². The van der Waals surface area contributed by atoms with Gasteiger partial charge in [0.2, 0.25) is 5.82 Å². The van der Waals surface area contributed by atoms with Crippen molar-refractivity contribution in [1.82, 2.24) is 24.7 Å². The Bertz CT molecular complexity index is 1120. The first kappa shape index (κ1) is 23.9. The van der Waals surface area contributed by atoms with E-state index in [4.69, 9.17) is 9.90 Å². The number of nitrogens with one attached hydrogen (secondary N) is 1. The van der Waals surface area contributed by atoms with Crippen LogP contribution in [-0.2, 0) is 4.79 Å². The number of aromatic nitrogens is 4. The van der Waals surface area contributed by atoms with Gasteiger partial charge in [-0.1, -0.05) is 0 Å². The van der Waals surface area contributed by atoms with Gasteiger partial charge in [-0.15, -0.1) is 0 Å². The van der Waals surface area contributed by atoms with Crippen molar-refractivity contribution in [2.24, 2.45) is 0 Å². The predicted octanol–water partition coefficient (Wildman–Crippen LogP) is 1.82. The molecule has 3 N–H and O–H groups in total. The molecular weight excluding hydrogens is 445 g/mol. The number of carboxylic acids is 1. The minimum absolute atomic E-state index is 0.0135. The molecule has 1 aliphatic rings. The van der Waals surface area contributed by atoms with E-state index in [1.807, 2.05) is 28.9 Å². The number of nitrogens with zero attached hydrogens (tertiary/aromatic N) is 5. The summed E-state index contributed by atoms with van der Waals surface area (Å²) in [6.07, 6.45) is 3.74. The van der Waals surface area contributed by atoms with Crippen LogP contribution in [-0.4, -0.2) is 66.7 Å². The second-order valence-corrected chi connectivity index (χ2v) is 7.28. The average Bonchev–Trinajstić information content (AvgIpc) is 3.43. The fourth-order valence-corrected chi connectivity index (χ4v) is 3.19. The summed E-state index contributed by atoms with van der Waals surface area (Å²) in [5, 5.41) is 19.6. The summed E-state index contributed by atoms with van der Waals surface area (Å²) in [5.41, 5.74) is 1.64. The third kappa shape index (κ3) is 5.94. The Morgan fingerprint density at radius 2 is 1.88 bits per heavy atom. The van der Waals surface area contributed by atoms with Crippen molar-refractivity contribution in [2.45, 2.75) is 31.7 Å². The molecule has 33 heavy (non-hydrogen) atoms. The molecule has 176 valence electrons. The van der Waals surface area contributed by atoms with Crippen LogP contribution in [0.1, 0.15) is 35.6 Å². The van der Waals surface area contributed by atoms with E-state index in [1.54, 1.807) is 13.1 Å². The van der Waals surface area contributed by atoms with Gasteiger partial charge in [-0.3, -0.25) is 4.79 Å². The first-order valence-corrected chi connectivity index (χ1v) is 9.84. The Morgan fingerprint density at radius 3 is 2.48 bits per heavy atom. The Hall–Kier alpha value is -3.74. The smallest absolute Gasteiger partial charge is 0.475 e. The number of aliphatic hydroxyl groups excluding tert-OH is 1. The monoisotopic (exact) mass is 466 g/mol. The lowest BCUT2D eigenvalue weighted by molar-refractivity contribution is -0.192. The van der Waals surface area contributed by atoms with Gasteiger partial charge in [0.15, 0.2) is 5.82 Å². The molecule has 2 atom stereocenters. The Labute approximate surface area is 185 Å². The summed E-state index contributed by atoms with van der Waals surface area (Å²) < 4.78 is 33.8. The minimum atomic E-state index is -5.08. The largest absolute Gasteiger partial charge is 0.490 e. The van der Waals surface area contributed by atoms with E-state index < -0.39 is 18.2 Å². The molecule has 1 aliphatic heterocycles. The van der Waals surface area contributed by atoms with Crippen LogP contribution in [0, 0.1) is 0 Å². The fraction of sp³-hybridized carbons (Fsp3) is 0.350. The lowest BCUT2D eigenvalue weighted by Gasteiger charge is -2.19. The number of alkyl halides is 3. The molecule has 3 aromatic heterocycles. The van der Waals surface area contributed by atoms with E-state index >= 15 is 0 Å². The highest BCUT2D eigenvalue weighted by molar-refractivity contribution is 5.90. The van der Waals surface area contributed by atoms with Crippen molar-refractivity contribution in [3.63, 3.8) is 0 Å². The zero-order valence-electron chi connectivity index (χ0n) is 17.4. The second kappa shape index (κ2) is 9.81. The zero-order chi connectivity index (χ0) is 24.2. The Balaban J connectivity index is 0.000000383. The van der Waals surface area contributed by atoms with Crippen LogP contribution >= 0.6 is 0 Å². The van der Waals surface area contributed by atoms with Gasteiger partial charge in [0.05, 0.1) is 11.6 Å². The van der Waals surface area contributed by atoms with E-state index in [9.17, 15) is 23.1 Å². The minimum Gasteiger partial charge on any atom is -0.475 e. The van der Waals surface area contributed by atoms with Gasteiger partial charge in [-0.05, 0) is 25.5 Å². The third-order valence-electron chi connectivity index (χ3n) is 4.85. The summed E-state index contributed by atoms with van der Waals surface area (Å²) in [7, 11) is 0. The molecule has 0 aliphatic carbocycles. The zero-order valence-corrected chi connectivity index (χ0v) is 17.4. The topological polar surface area (TPSA) is 133 Å². The molecular formula is C20H21F3N6O4. The van der Waals surface area contributed by atoms with Gasteiger partial charge in [0.25, 0.3) is 5.91 Å². The molecule has 3 aromatic rings.